The second-order valence-electron chi connectivity index (χ2n) is 5.28. The van der Waals surface area contributed by atoms with Crippen molar-refractivity contribution < 1.29 is 4.79 Å². The molecule has 1 aliphatic heterocycles. The maximum absolute atomic E-state index is 12.3. The zero-order valence-electron chi connectivity index (χ0n) is 12.5. The molecule has 0 atom stereocenters. The monoisotopic (exact) mass is 353 g/mol. The molecular weight excluding hydrogens is 334 g/mol. The Balaban J connectivity index is 1.41. The molecule has 22 heavy (non-hydrogen) atoms. The van der Waals surface area contributed by atoms with Crippen LogP contribution in [0.25, 0.3) is 0 Å². The summed E-state index contributed by atoms with van der Waals surface area (Å²) in [7, 11) is 0. The van der Waals surface area contributed by atoms with Crippen molar-refractivity contribution >= 4 is 40.3 Å². The van der Waals surface area contributed by atoms with Crippen molar-refractivity contribution in [3.05, 3.63) is 33.5 Å². The minimum atomic E-state index is 0.230. The van der Waals surface area contributed by atoms with Gasteiger partial charge in [-0.25, -0.2) is 4.98 Å². The predicted molar refractivity (Wildman–Crippen MR) is 93.8 cm³/mol. The molecule has 0 aliphatic carbocycles. The van der Waals surface area contributed by atoms with Crippen LogP contribution in [-0.4, -0.2) is 52.6 Å². The molecule has 0 unspecified atom stereocenters. The lowest BCUT2D eigenvalue weighted by Gasteiger charge is -2.34. The normalized spacial score (nSPS) is 16.1. The molecule has 1 amide bonds. The molecule has 0 saturated carbocycles. The van der Waals surface area contributed by atoms with Crippen LogP contribution in [0.2, 0.25) is 0 Å². The largest absolute Gasteiger partial charge is 0.339 e. The number of amides is 1. The van der Waals surface area contributed by atoms with Crippen molar-refractivity contribution in [1.29, 1.82) is 0 Å². The standard InChI is InChI=1S/C15H19N3OS3/c1-12-10-21-15(16-12)22-11-14(19)18-6-4-17(5-7-18)9-13-3-2-8-20-13/h2-3,8,10H,4-7,9,11H2,1H3. The van der Waals surface area contributed by atoms with Gasteiger partial charge in [-0.15, -0.1) is 22.7 Å². The summed E-state index contributed by atoms with van der Waals surface area (Å²) in [6.45, 7) is 6.58. The summed E-state index contributed by atoms with van der Waals surface area (Å²) < 4.78 is 0.988. The molecule has 2 aromatic heterocycles. The average molecular weight is 354 g/mol. The minimum Gasteiger partial charge on any atom is -0.339 e. The minimum absolute atomic E-state index is 0.230. The van der Waals surface area contributed by atoms with Crippen molar-refractivity contribution in [2.45, 2.75) is 17.8 Å². The quantitative estimate of drug-likeness (QED) is 0.775. The average Bonchev–Trinajstić information content (AvgIpc) is 3.17. The molecule has 0 radical (unpaired) electrons. The predicted octanol–water partition coefficient (Wildman–Crippen LogP) is 2.95. The van der Waals surface area contributed by atoms with Crippen LogP contribution in [0, 0.1) is 6.92 Å². The van der Waals surface area contributed by atoms with Gasteiger partial charge in [0, 0.05) is 48.7 Å². The number of aromatic nitrogens is 1. The number of hydrogen-bond donors (Lipinski definition) is 0. The third kappa shape index (κ3) is 4.32. The number of piperazine rings is 1. The third-order valence-corrected chi connectivity index (χ3v) is 6.59. The van der Waals surface area contributed by atoms with Gasteiger partial charge in [-0.1, -0.05) is 17.8 Å². The van der Waals surface area contributed by atoms with Gasteiger partial charge in [-0.3, -0.25) is 9.69 Å². The fraction of sp³-hybridized carbons (Fsp3) is 0.467. The van der Waals surface area contributed by atoms with Crippen molar-refractivity contribution in [2.24, 2.45) is 0 Å². The first-order valence-electron chi connectivity index (χ1n) is 7.28. The molecule has 1 fully saturated rings. The van der Waals surface area contributed by atoms with Crippen molar-refractivity contribution in [1.82, 2.24) is 14.8 Å². The second-order valence-corrected chi connectivity index (χ2v) is 8.39. The Hall–Kier alpha value is -0.890. The van der Waals surface area contributed by atoms with E-state index in [2.05, 4.69) is 27.4 Å². The van der Waals surface area contributed by atoms with Gasteiger partial charge in [0.05, 0.1) is 5.75 Å². The number of nitrogens with zero attached hydrogens (tertiary/aromatic N) is 3. The third-order valence-electron chi connectivity index (χ3n) is 3.60. The lowest BCUT2D eigenvalue weighted by Crippen LogP contribution is -2.48. The number of carbonyl (C=O) groups excluding carboxylic acids is 1. The summed E-state index contributed by atoms with van der Waals surface area (Å²) in [6, 6.07) is 4.27. The number of thiazole rings is 1. The van der Waals surface area contributed by atoms with Crippen LogP contribution in [0.4, 0.5) is 0 Å². The summed E-state index contributed by atoms with van der Waals surface area (Å²) in [5, 5.41) is 4.14. The maximum atomic E-state index is 12.3. The van der Waals surface area contributed by atoms with Gasteiger partial charge in [0.1, 0.15) is 0 Å². The van der Waals surface area contributed by atoms with E-state index >= 15 is 0 Å². The van der Waals surface area contributed by atoms with E-state index in [4.69, 9.17) is 0 Å². The van der Waals surface area contributed by atoms with E-state index in [1.165, 1.54) is 4.88 Å². The summed E-state index contributed by atoms with van der Waals surface area (Å²) in [5.74, 6) is 0.728. The fourth-order valence-electron chi connectivity index (χ4n) is 2.39. The van der Waals surface area contributed by atoms with Crippen LogP contribution in [0.5, 0.6) is 0 Å². The first-order chi connectivity index (χ1) is 10.7. The number of thioether (sulfide) groups is 1. The Bertz CT molecular complexity index is 603. The Morgan fingerprint density at radius 3 is 2.77 bits per heavy atom. The van der Waals surface area contributed by atoms with Gasteiger partial charge in [0.25, 0.3) is 0 Å². The first-order valence-corrected chi connectivity index (χ1v) is 10.0. The topological polar surface area (TPSA) is 36.4 Å². The number of hydrogen-bond acceptors (Lipinski definition) is 6. The smallest absolute Gasteiger partial charge is 0.233 e. The van der Waals surface area contributed by atoms with Crippen LogP contribution in [0.15, 0.2) is 27.2 Å². The van der Waals surface area contributed by atoms with Gasteiger partial charge in [0.15, 0.2) is 4.34 Å². The Labute approximate surface area is 143 Å². The molecule has 0 bridgehead atoms. The summed E-state index contributed by atoms with van der Waals surface area (Å²) >= 11 is 4.97. The van der Waals surface area contributed by atoms with E-state index in [1.807, 2.05) is 17.2 Å². The van der Waals surface area contributed by atoms with Gasteiger partial charge < -0.3 is 4.90 Å². The molecule has 0 spiro atoms. The Morgan fingerprint density at radius 1 is 1.32 bits per heavy atom. The van der Waals surface area contributed by atoms with Crippen molar-refractivity contribution in [3.63, 3.8) is 0 Å². The molecular formula is C15H19N3OS3. The highest BCUT2D eigenvalue weighted by molar-refractivity contribution is 8.01. The first kappa shape index (κ1) is 16.0. The molecule has 2 aromatic rings. The molecule has 0 aromatic carbocycles. The molecule has 0 N–H and O–H groups in total. The van der Waals surface area contributed by atoms with Crippen LogP contribution >= 0.6 is 34.4 Å². The second kappa shape index (κ2) is 7.59. The molecule has 3 rings (SSSR count). The Morgan fingerprint density at radius 2 is 2.14 bits per heavy atom. The molecule has 1 aliphatic rings. The van der Waals surface area contributed by atoms with E-state index in [1.54, 1.807) is 34.4 Å². The summed E-state index contributed by atoms with van der Waals surface area (Å²) in [5.41, 5.74) is 1.03. The van der Waals surface area contributed by atoms with Gasteiger partial charge in [-0.05, 0) is 18.4 Å². The molecule has 1 saturated heterocycles. The zero-order valence-corrected chi connectivity index (χ0v) is 15.0. The molecule has 118 valence electrons. The number of aryl methyl sites for hydroxylation is 1. The highest BCUT2D eigenvalue weighted by atomic mass is 32.2. The van der Waals surface area contributed by atoms with Crippen LogP contribution < -0.4 is 0 Å². The lowest BCUT2D eigenvalue weighted by atomic mass is 10.3. The van der Waals surface area contributed by atoms with Crippen molar-refractivity contribution in [3.8, 4) is 0 Å². The number of thiophene rings is 1. The van der Waals surface area contributed by atoms with E-state index in [0.29, 0.717) is 5.75 Å². The molecule has 4 nitrogen and oxygen atoms in total. The summed E-state index contributed by atoms with van der Waals surface area (Å²) in [4.78, 5) is 22.5. The van der Waals surface area contributed by atoms with Crippen LogP contribution in [-0.2, 0) is 11.3 Å². The lowest BCUT2D eigenvalue weighted by molar-refractivity contribution is -0.130. The maximum Gasteiger partial charge on any atom is 0.233 e. The molecule has 3 heterocycles. The highest BCUT2D eigenvalue weighted by Gasteiger charge is 2.21. The van der Waals surface area contributed by atoms with Crippen molar-refractivity contribution in [2.75, 3.05) is 31.9 Å². The summed E-state index contributed by atoms with van der Waals surface area (Å²) in [6.07, 6.45) is 0. The van der Waals surface area contributed by atoms with Crippen LogP contribution in [0.3, 0.4) is 0 Å². The van der Waals surface area contributed by atoms with Gasteiger partial charge in [0.2, 0.25) is 5.91 Å². The van der Waals surface area contributed by atoms with Crippen LogP contribution in [0.1, 0.15) is 10.6 Å². The fourth-order valence-corrected chi connectivity index (χ4v) is 4.89. The van der Waals surface area contributed by atoms with E-state index < -0.39 is 0 Å². The van der Waals surface area contributed by atoms with Gasteiger partial charge in [-0.2, -0.15) is 0 Å². The molecule has 7 heteroatoms. The van der Waals surface area contributed by atoms with E-state index in [0.717, 1.165) is 42.8 Å². The number of carbonyl (C=O) groups is 1. The Kier molecular flexibility index (Phi) is 5.51. The number of rotatable bonds is 5. The van der Waals surface area contributed by atoms with E-state index in [9.17, 15) is 4.79 Å². The SMILES string of the molecule is Cc1csc(SCC(=O)N2CCN(Cc3cccs3)CC2)n1. The van der Waals surface area contributed by atoms with Gasteiger partial charge >= 0.3 is 0 Å². The zero-order chi connectivity index (χ0) is 15.4. The van der Waals surface area contributed by atoms with E-state index in [-0.39, 0.29) is 5.91 Å². The highest BCUT2D eigenvalue weighted by Crippen LogP contribution is 2.23.